The van der Waals surface area contributed by atoms with Crippen molar-refractivity contribution < 1.29 is 4.74 Å². The van der Waals surface area contributed by atoms with Gasteiger partial charge in [0.25, 0.3) is 0 Å². The van der Waals surface area contributed by atoms with Gasteiger partial charge in [0, 0.05) is 38.4 Å². The van der Waals surface area contributed by atoms with Gasteiger partial charge < -0.3 is 15.0 Å². The molecule has 0 amide bonds. The Morgan fingerprint density at radius 2 is 1.94 bits per heavy atom. The summed E-state index contributed by atoms with van der Waals surface area (Å²) >= 11 is 0. The molecule has 0 aromatic heterocycles. The quantitative estimate of drug-likeness (QED) is 0.814. The van der Waals surface area contributed by atoms with E-state index >= 15 is 0 Å². The van der Waals surface area contributed by atoms with E-state index in [1.54, 1.807) is 0 Å². The summed E-state index contributed by atoms with van der Waals surface area (Å²) in [6, 6.07) is 1.52. The fourth-order valence-corrected chi connectivity index (χ4v) is 3.33. The maximum atomic E-state index is 5.38. The highest BCUT2D eigenvalue weighted by molar-refractivity contribution is 4.78. The van der Waals surface area contributed by atoms with E-state index in [0.717, 1.165) is 31.7 Å². The minimum absolute atomic E-state index is 0.692. The second kappa shape index (κ2) is 7.46. The van der Waals surface area contributed by atoms with Crippen LogP contribution in [0.5, 0.6) is 0 Å². The third kappa shape index (κ3) is 4.52. The van der Waals surface area contributed by atoms with Crippen LogP contribution in [0.3, 0.4) is 0 Å². The maximum absolute atomic E-state index is 5.38. The molecule has 18 heavy (non-hydrogen) atoms. The topological polar surface area (TPSA) is 24.5 Å². The lowest BCUT2D eigenvalue weighted by atomic mass is 9.86. The summed E-state index contributed by atoms with van der Waals surface area (Å²) in [5, 5.41) is 3.68. The Bertz CT molecular complexity index is 229. The number of rotatable bonds is 5. The van der Waals surface area contributed by atoms with Crippen molar-refractivity contribution in [2.75, 3.05) is 33.4 Å². The normalized spacial score (nSPS) is 30.8. The lowest BCUT2D eigenvalue weighted by Gasteiger charge is -2.34. The van der Waals surface area contributed by atoms with Gasteiger partial charge in [-0.25, -0.2) is 0 Å². The zero-order valence-corrected chi connectivity index (χ0v) is 12.2. The minimum atomic E-state index is 0.692. The van der Waals surface area contributed by atoms with Crippen molar-refractivity contribution in [3.05, 3.63) is 0 Å². The van der Waals surface area contributed by atoms with Gasteiger partial charge in [-0.2, -0.15) is 0 Å². The van der Waals surface area contributed by atoms with E-state index in [2.05, 4.69) is 24.2 Å². The Hall–Kier alpha value is -0.120. The first-order valence-corrected chi connectivity index (χ1v) is 7.77. The predicted molar refractivity (Wildman–Crippen MR) is 75.9 cm³/mol. The molecule has 2 fully saturated rings. The molecule has 106 valence electrons. The fraction of sp³-hybridized carbons (Fsp3) is 1.00. The largest absolute Gasteiger partial charge is 0.381 e. The van der Waals surface area contributed by atoms with E-state index in [-0.39, 0.29) is 0 Å². The molecule has 0 aromatic rings. The van der Waals surface area contributed by atoms with Gasteiger partial charge in [0.05, 0.1) is 0 Å². The van der Waals surface area contributed by atoms with Crippen molar-refractivity contribution in [1.82, 2.24) is 10.2 Å². The van der Waals surface area contributed by atoms with Gasteiger partial charge in [-0.3, -0.25) is 0 Å². The molecule has 0 bridgehead atoms. The van der Waals surface area contributed by atoms with Crippen LogP contribution < -0.4 is 5.32 Å². The Kier molecular flexibility index (Phi) is 5.93. The van der Waals surface area contributed by atoms with E-state index in [1.807, 2.05) is 0 Å². The van der Waals surface area contributed by atoms with Crippen molar-refractivity contribution >= 4 is 0 Å². The number of nitrogens with zero attached hydrogens (tertiary/aromatic N) is 1. The van der Waals surface area contributed by atoms with Gasteiger partial charge in [-0.05, 0) is 38.6 Å². The summed E-state index contributed by atoms with van der Waals surface area (Å²) in [7, 11) is 2.30. The second-order valence-electron chi connectivity index (χ2n) is 6.25. The Balaban J connectivity index is 1.60. The Labute approximate surface area is 112 Å². The third-order valence-electron chi connectivity index (χ3n) is 4.65. The molecule has 1 saturated carbocycles. The summed E-state index contributed by atoms with van der Waals surface area (Å²) in [5.74, 6) is 0.926. The molecule has 2 rings (SSSR count). The molecule has 3 heteroatoms. The highest BCUT2D eigenvalue weighted by atomic mass is 16.5. The summed E-state index contributed by atoms with van der Waals surface area (Å²) in [5.41, 5.74) is 0. The van der Waals surface area contributed by atoms with E-state index in [0.29, 0.717) is 6.04 Å². The van der Waals surface area contributed by atoms with Crippen LogP contribution in [0.4, 0.5) is 0 Å². The van der Waals surface area contributed by atoms with E-state index in [4.69, 9.17) is 4.74 Å². The molecule has 1 aliphatic carbocycles. The second-order valence-corrected chi connectivity index (χ2v) is 6.25. The third-order valence-corrected chi connectivity index (χ3v) is 4.65. The number of ether oxygens (including phenoxy) is 1. The average Bonchev–Trinajstić information content (AvgIpc) is 2.40. The van der Waals surface area contributed by atoms with Gasteiger partial charge in [0.1, 0.15) is 0 Å². The van der Waals surface area contributed by atoms with E-state index in [9.17, 15) is 0 Å². The van der Waals surface area contributed by atoms with Crippen molar-refractivity contribution in [3.8, 4) is 0 Å². The molecule has 1 N–H and O–H groups in total. The Morgan fingerprint density at radius 1 is 1.17 bits per heavy atom. The van der Waals surface area contributed by atoms with Crippen LogP contribution in [0, 0.1) is 5.92 Å². The molecule has 2 atom stereocenters. The summed E-state index contributed by atoms with van der Waals surface area (Å²) in [6.45, 7) is 6.60. The molecule has 1 saturated heterocycles. The Morgan fingerprint density at radius 3 is 2.67 bits per heavy atom. The van der Waals surface area contributed by atoms with Crippen LogP contribution in [0.25, 0.3) is 0 Å². The molecule has 1 aliphatic heterocycles. The van der Waals surface area contributed by atoms with Crippen LogP contribution in [0.2, 0.25) is 0 Å². The standard InChI is InChI=1S/C15H30N2O/c1-13-4-3-5-15(12-13)17(2)9-8-16-14-6-10-18-11-7-14/h13-16H,3-12H2,1-2H3. The van der Waals surface area contributed by atoms with E-state index < -0.39 is 0 Å². The van der Waals surface area contributed by atoms with Crippen LogP contribution in [-0.4, -0.2) is 50.3 Å². The zero-order valence-electron chi connectivity index (χ0n) is 12.2. The molecule has 2 aliphatic rings. The molecule has 0 aromatic carbocycles. The first-order valence-electron chi connectivity index (χ1n) is 7.77. The SMILES string of the molecule is CC1CCCC(N(C)CCNC2CCOCC2)C1. The van der Waals surface area contributed by atoms with Gasteiger partial charge in [-0.1, -0.05) is 19.8 Å². The van der Waals surface area contributed by atoms with Crippen molar-refractivity contribution in [2.24, 2.45) is 5.92 Å². The van der Waals surface area contributed by atoms with Gasteiger partial charge in [0.2, 0.25) is 0 Å². The lowest BCUT2D eigenvalue weighted by Crippen LogP contribution is -2.42. The molecule has 2 unspecified atom stereocenters. The minimum Gasteiger partial charge on any atom is -0.381 e. The highest BCUT2D eigenvalue weighted by Crippen LogP contribution is 2.26. The van der Waals surface area contributed by atoms with Gasteiger partial charge >= 0.3 is 0 Å². The number of likely N-dealkylation sites (N-methyl/N-ethyl adjacent to an activating group) is 1. The monoisotopic (exact) mass is 254 g/mol. The fourth-order valence-electron chi connectivity index (χ4n) is 3.33. The number of hydrogen-bond acceptors (Lipinski definition) is 3. The van der Waals surface area contributed by atoms with E-state index in [1.165, 1.54) is 45.1 Å². The smallest absolute Gasteiger partial charge is 0.0480 e. The first kappa shape index (κ1) is 14.3. The molecule has 0 spiro atoms. The summed E-state index contributed by atoms with van der Waals surface area (Å²) < 4.78 is 5.38. The summed E-state index contributed by atoms with van der Waals surface area (Å²) in [6.07, 6.45) is 8.02. The predicted octanol–water partition coefficient (Wildman–Crippen LogP) is 2.27. The summed E-state index contributed by atoms with van der Waals surface area (Å²) in [4.78, 5) is 2.57. The molecule has 3 nitrogen and oxygen atoms in total. The molecule has 0 radical (unpaired) electrons. The molecular weight excluding hydrogens is 224 g/mol. The van der Waals surface area contributed by atoms with Crippen molar-refractivity contribution in [1.29, 1.82) is 0 Å². The van der Waals surface area contributed by atoms with Gasteiger partial charge in [-0.15, -0.1) is 0 Å². The van der Waals surface area contributed by atoms with Crippen molar-refractivity contribution in [3.63, 3.8) is 0 Å². The molecule has 1 heterocycles. The van der Waals surface area contributed by atoms with Crippen molar-refractivity contribution in [2.45, 2.75) is 57.5 Å². The molecular formula is C15H30N2O. The average molecular weight is 254 g/mol. The van der Waals surface area contributed by atoms with Crippen LogP contribution >= 0.6 is 0 Å². The van der Waals surface area contributed by atoms with Crippen LogP contribution in [-0.2, 0) is 4.74 Å². The number of nitrogens with one attached hydrogen (secondary N) is 1. The number of hydrogen-bond donors (Lipinski definition) is 1. The first-order chi connectivity index (χ1) is 8.75. The van der Waals surface area contributed by atoms with Crippen LogP contribution in [0.15, 0.2) is 0 Å². The maximum Gasteiger partial charge on any atom is 0.0480 e. The highest BCUT2D eigenvalue weighted by Gasteiger charge is 2.22. The lowest BCUT2D eigenvalue weighted by molar-refractivity contribution is 0.0764. The zero-order chi connectivity index (χ0) is 12.8. The van der Waals surface area contributed by atoms with Gasteiger partial charge in [0.15, 0.2) is 0 Å². The van der Waals surface area contributed by atoms with Crippen LogP contribution in [0.1, 0.15) is 45.4 Å².